The zero-order valence-electron chi connectivity index (χ0n) is 15.2. The molecular weight excluding hydrogens is 451 g/mol. The normalized spacial score (nSPS) is 12.6. The summed E-state index contributed by atoms with van der Waals surface area (Å²) in [4.78, 5) is 31.3. The maximum absolute atomic E-state index is 12.8. The number of hydrogen-bond acceptors (Lipinski definition) is 6. The number of halogens is 2. The minimum atomic E-state index is -0.233. The number of carbonyl (C=O) groups is 2. The number of fused-ring (bicyclic) bond motifs is 1. The second kappa shape index (κ2) is 9.69. The van der Waals surface area contributed by atoms with E-state index in [4.69, 9.17) is 11.6 Å². The number of benzene rings is 1. The Morgan fingerprint density at radius 1 is 1.14 bits per heavy atom. The Kier molecular flexibility index (Phi) is 7.26. The Hall–Kier alpha value is -1.97. The van der Waals surface area contributed by atoms with E-state index in [0.717, 1.165) is 30.8 Å². The largest absolute Gasteiger partial charge is 0.347 e. The third-order valence-corrected chi connectivity index (χ3v) is 6.62. The highest BCUT2D eigenvalue weighted by atomic mass is 35.5. The summed E-state index contributed by atoms with van der Waals surface area (Å²) < 4.78 is 0.561. The summed E-state index contributed by atoms with van der Waals surface area (Å²) >= 11 is 8.62. The first-order valence-corrected chi connectivity index (χ1v) is 10.7. The summed E-state index contributed by atoms with van der Waals surface area (Å²) in [5, 5.41) is 9.61. The van der Waals surface area contributed by atoms with Crippen LogP contribution in [0.1, 0.15) is 36.2 Å². The van der Waals surface area contributed by atoms with Gasteiger partial charge in [0, 0.05) is 30.1 Å². The molecule has 0 bridgehead atoms. The molecule has 1 aliphatic heterocycles. The van der Waals surface area contributed by atoms with Crippen LogP contribution < -0.4 is 16.0 Å². The monoisotopic (exact) mass is 468 g/mol. The molecular formula is C19H18Cl2N4O2S2. The number of anilines is 1. The summed E-state index contributed by atoms with van der Waals surface area (Å²) in [6.45, 7) is 1.91. The smallest absolute Gasteiger partial charge is 0.261 e. The number of rotatable bonds is 5. The van der Waals surface area contributed by atoms with Gasteiger partial charge in [-0.15, -0.1) is 35.1 Å². The zero-order valence-corrected chi connectivity index (χ0v) is 18.4. The van der Waals surface area contributed by atoms with Gasteiger partial charge in [-0.2, -0.15) is 0 Å². The SMILES string of the molecule is Cl.O=C(NCc1ccccc1C(=O)Nc1nc2c(s1)CCNC2)c1ccc(Cl)s1. The maximum atomic E-state index is 12.8. The van der Waals surface area contributed by atoms with E-state index in [0.29, 0.717) is 19.9 Å². The number of thiazole rings is 1. The molecule has 3 heterocycles. The van der Waals surface area contributed by atoms with Crippen LogP contribution in [0.25, 0.3) is 0 Å². The van der Waals surface area contributed by atoms with E-state index in [9.17, 15) is 9.59 Å². The fourth-order valence-electron chi connectivity index (χ4n) is 2.94. The topological polar surface area (TPSA) is 83.1 Å². The highest BCUT2D eigenvalue weighted by Gasteiger charge is 2.18. The van der Waals surface area contributed by atoms with E-state index in [1.54, 1.807) is 24.3 Å². The van der Waals surface area contributed by atoms with Crippen LogP contribution in [0.3, 0.4) is 0 Å². The van der Waals surface area contributed by atoms with Gasteiger partial charge in [-0.05, 0) is 30.2 Å². The molecule has 4 rings (SSSR count). The van der Waals surface area contributed by atoms with Crippen LogP contribution in [0.5, 0.6) is 0 Å². The van der Waals surface area contributed by atoms with Crippen molar-refractivity contribution in [2.24, 2.45) is 0 Å². The lowest BCUT2D eigenvalue weighted by atomic mass is 10.1. The van der Waals surface area contributed by atoms with Crippen molar-refractivity contribution in [3.8, 4) is 0 Å². The molecule has 2 amide bonds. The van der Waals surface area contributed by atoms with Crippen molar-refractivity contribution in [2.75, 3.05) is 11.9 Å². The van der Waals surface area contributed by atoms with Crippen LogP contribution in [0.2, 0.25) is 4.34 Å². The van der Waals surface area contributed by atoms with Crippen LogP contribution in [-0.2, 0) is 19.5 Å². The van der Waals surface area contributed by atoms with Crippen molar-refractivity contribution in [3.05, 3.63) is 67.3 Å². The van der Waals surface area contributed by atoms with Crippen LogP contribution in [0.15, 0.2) is 36.4 Å². The van der Waals surface area contributed by atoms with Gasteiger partial charge in [-0.25, -0.2) is 4.98 Å². The Morgan fingerprint density at radius 3 is 2.72 bits per heavy atom. The van der Waals surface area contributed by atoms with Crippen molar-refractivity contribution < 1.29 is 9.59 Å². The van der Waals surface area contributed by atoms with Crippen molar-refractivity contribution in [2.45, 2.75) is 19.5 Å². The molecule has 3 aromatic rings. The predicted octanol–water partition coefficient (Wildman–Crippen LogP) is 4.11. The second-order valence-corrected chi connectivity index (χ2v) is 9.01. The number of hydrogen-bond donors (Lipinski definition) is 3. The van der Waals surface area contributed by atoms with Crippen molar-refractivity contribution >= 4 is 63.6 Å². The number of thiophene rings is 1. The Labute approximate surface area is 187 Å². The lowest BCUT2D eigenvalue weighted by Gasteiger charge is -2.10. The van der Waals surface area contributed by atoms with Crippen molar-refractivity contribution in [3.63, 3.8) is 0 Å². The van der Waals surface area contributed by atoms with E-state index in [1.165, 1.54) is 27.6 Å². The van der Waals surface area contributed by atoms with E-state index in [-0.39, 0.29) is 30.8 Å². The molecule has 6 nitrogen and oxygen atoms in total. The zero-order chi connectivity index (χ0) is 19.5. The van der Waals surface area contributed by atoms with Crippen LogP contribution in [0.4, 0.5) is 5.13 Å². The molecule has 3 N–H and O–H groups in total. The molecule has 152 valence electrons. The van der Waals surface area contributed by atoms with Gasteiger partial charge in [0.05, 0.1) is 14.9 Å². The van der Waals surface area contributed by atoms with E-state index in [1.807, 2.05) is 12.1 Å². The first kappa shape index (κ1) is 21.7. The molecule has 0 saturated carbocycles. The number of carbonyl (C=O) groups excluding carboxylic acids is 2. The summed E-state index contributed by atoms with van der Waals surface area (Å²) in [6, 6.07) is 10.6. The van der Waals surface area contributed by atoms with E-state index < -0.39 is 0 Å². The molecule has 29 heavy (non-hydrogen) atoms. The molecule has 10 heteroatoms. The summed E-state index contributed by atoms with van der Waals surface area (Å²) in [7, 11) is 0. The molecule has 2 aromatic heterocycles. The fraction of sp³-hybridized carbons (Fsp3) is 0.211. The Bertz CT molecular complexity index is 1010. The van der Waals surface area contributed by atoms with E-state index in [2.05, 4.69) is 20.9 Å². The van der Waals surface area contributed by atoms with Gasteiger partial charge in [-0.1, -0.05) is 29.8 Å². The van der Waals surface area contributed by atoms with Gasteiger partial charge >= 0.3 is 0 Å². The highest BCUT2D eigenvalue weighted by Crippen LogP contribution is 2.26. The molecule has 1 aliphatic rings. The minimum absolute atomic E-state index is 0. The third-order valence-electron chi connectivity index (χ3n) is 4.32. The van der Waals surface area contributed by atoms with Gasteiger partial charge in [0.1, 0.15) is 0 Å². The first-order chi connectivity index (χ1) is 13.6. The molecule has 0 saturated heterocycles. The van der Waals surface area contributed by atoms with Gasteiger partial charge < -0.3 is 10.6 Å². The minimum Gasteiger partial charge on any atom is -0.347 e. The molecule has 0 spiro atoms. The number of amides is 2. The van der Waals surface area contributed by atoms with Gasteiger partial charge in [0.2, 0.25) is 0 Å². The highest BCUT2D eigenvalue weighted by molar-refractivity contribution is 7.18. The van der Waals surface area contributed by atoms with Crippen molar-refractivity contribution in [1.29, 1.82) is 0 Å². The number of aromatic nitrogens is 1. The van der Waals surface area contributed by atoms with Crippen LogP contribution in [-0.4, -0.2) is 23.3 Å². The lowest BCUT2D eigenvalue weighted by molar-refractivity contribution is 0.0951. The first-order valence-electron chi connectivity index (χ1n) is 8.72. The number of nitrogens with zero attached hydrogens (tertiary/aromatic N) is 1. The molecule has 0 aliphatic carbocycles. The Morgan fingerprint density at radius 2 is 1.97 bits per heavy atom. The Balaban J connectivity index is 0.00000240. The molecule has 0 atom stereocenters. The maximum Gasteiger partial charge on any atom is 0.261 e. The van der Waals surface area contributed by atoms with Crippen LogP contribution in [0, 0.1) is 0 Å². The second-order valence-electron chi connectivity index (χ2n) is 6.21. The standard InChI is InChI=1S/C19H17ClN4O2S2.ClH/c20-16-6-5-15(27-16)18(26)22-9-11-3-1-2-4-12(11)17(25)24-19-23-13-10-21-8-7-14(13)28-19;/h1-6,21H,7-10H2,(H,22,26)(H,23,24,25);1H. The molecule has 1 aromatic carbocycles. The van der Waals surface area contributed by atoms with Gasteiger partial charge in [-0.3, -0.25) is 14.9 Å². The molecule has 0 fully saturated rings. The van der Waals surface area contributed by atoms with Crippen molar-refractivity contribution in [1.82, 2.24) is 15.6 Å². The predicted molar refractivity (Wildman–Crippen MR) is 120 cm³/mol. The molecule has 0 radical (unpaired) electrons. The average molecular weight is 469 g/mol. The quantitative estimate of drug-likeness (QED) is 0.525. The summed E-state index contributed by atoms with van der Waals surface area (Å²) in [5.41, 5.74) is 2.25. The summed E-state index contributed by atoms with van der Waals surface area (Å²) in [5.74, 6) is -0.449. The average Bonchev–Trinajstić information content (AvgIpc) is 3.31. The lowest BCUT2D eigenvalue weighted by Crippen LogP contribution is -2.24. The summed E-state index contributed by atoms with van der Waals surface area (Å²) in [6.07, 6.45) is 0.929. The van der Waals surface area contributed by atoms with Gasteiger partial charge in [0.15, 0.2) is 5.13 Å². The molecule has 0 unspecified atom stereocenters. The third kappa shape index (κ3) is 5.15. The fourth-order valence-corrected chi connectivity index (χ4v) is 4.87. The van der Waals surface area contributed by atoms with Crippen LogP contribution >= 0.6 is 46.7 Å². The van der Waals surface area contributed by atoms with Gasteiger partial charge in [0.25, 0.3) is 11.8 Å². The van der Waals surface area contributed by atoms with E-state index >= 15 is 0 Å². The number of nitrogens with one attached hydrogen (secondary N) is 3.